The van der Waals surface area contributed by atoms with Gasteiger partial charge in [-0.15, -0.1) is 0 Å². The number of anilines is 1. The summed E-state index contributed by atoms with van der Waals surface area (Å²) in [6.45, 7) is 4.82. The quantitative estimate of drug-likeness (QED) is 0.681. The summed E-state index contributed by atoms with van der Waals surface area (Å²) in [5, 5.41) is 4.11. The molecular formula is C21H23N5O2. The average Bonchev–Trinajstić information content (AvgIpc) is 3.23. The van der Waals surface area contributed by atoms with E-state index in [1.165, 1.54) is 5.56 Å². The molecule has 0 spiro atoms. The first kappa shape index (κ1) is 18.2. The molecule has 3 aromatic rings. The largest absolute Gasteiger partial charge is 0.352 e. The van der Waals surface area contributed by atoms with Crippen LogP contribution in [0.25, 0.3) is 0 Å². The third kappa shape index (κ3) is 4.03. The molecule has 0 unspecified atom stereocenters. The Morgan fingerprint density at radius 1 is 1.14 bits per heavy atom. The summed E-state index contributed by atoms with van der Waals surface area (Å²) in [4.78, 5) is 25.1. The minimum Gasteiger partial charge on any atom is -0.352 e. The van der Waals surface area contributed by atoms with Crippen LogP contribution in [0.4, 0.5) is 5.82 Å². The first-order chi connectivity index (χ1) is 13.7. The standard InChI is InChI=1S/C21H23N5O2/c1-16(17-5-3-2-4-6-17)13-18-14-19(28-24-18)21(27)26-11-9-25(10-12-26)20-15-22-7-8-23-20/h2-8,14-16H,9-13H2,1H3/t16-/m0/s1. The molecule has 1 saturated heterocycles. The van der Waals surface area contributed by atoms with Crippen LogP contribution in [-0.2, 0) is 6.42 Å². The van der Waals surface area contributed by atoms with E-state index in [0.717, 1.165) is 31.0 Å². The molecule has 28 heavy (non-hydrogen) atoms. The van der Waals surface area contributed by atoms with E-state index in [2.05, 4.69) is 39.1 Å². The molecule has 0 aliphatic carbocycles. The van der Waals surface area contributed by atoms with Gasteiger partial charge in [-0.3, -0.25) is 9.78 Å². The number of amides is 1. The summed E-state index contributed by atoms with van der Waals surface area (Å²) >= 11 is 0. The third-order valence-corrected chi connectivity index (χ3v) is 5.09. The predicted molar refractivity (Wildman–Crippen MR) is 105 cm³/mol. The SMILES string of the molecule is C[C@@H](Cc1cc(C(=O)N2CCN(c3cnccn3)CC2)on1)c1ccccc1. The van der Waals surface area contributed by atoms with E-state index in [-0.39, 0.29) is 5.91 Å². The Labute approximate surface area is 164 Å². The summed E-state index contributed by atoms with van der Waals surface area (Å²) in [5.74, 6) is 1.35. The molecule has 144 valence electrons. The Morgan fingerprint density at radius 3 is 2.64 bits per heavy atom. The molecule has 1 aliphatic heterocycles. The van der Waals surface area contributed by atoms with Crippen LogP contribution in [0.2, 0.25) is 0 Å². The number of hydrogen-bond acceptors (Lipinski definition) is 6. The van der Waals surface area contributed by atoms with Crippen molar-refractivity contribution >= 4 is 11.7 Å². The minimum atomic E-state index is -0.107. The van der Waals surface area contributed by atoms with Gasteiger partial charge in [0.15, 0.2) is 0 Å². The average molecular weight is 377 g/mol. The Bertz CT molecular complexity index is 905. The van der Waals surface area contributed by atoms with Gasteiger partial charge < -0.3 is 14.3 Å². The Kier molecular flexibility index (Phi) is 5.32. The van der Waals surface area contributed by atoms with E-state index >= 15 is 0 Å². The summed E-state index contributed by atoms with van der Waals surface area (Å²) in [5.41, 5.74) is 2.05. The number of carbonyl (C=O) groups excluding carboxylic acids is 1. The van der Waals surface area contributed by atoms with Crippen molar-refractivity contribution in [1.82, 2.24) is 20.0 Å². The normalized spacial score (nSPS) is 15.5. The molecule has 0 N–H and O–H groups in total. The molecule has 4 rings (SSSR count). The first-order valence-electron chi connectivity index (χ1n) is 9.51. The van der Waals surface area contributed by atoms with E-state index in [1.54, 1.807) is 29.6 Å². The molecule has 1 aromatic carbocycles. The number of rotatable bonds is 5. The number of aromatic nitrogens is 3. The van der Waals surface area contributed by atoms with Crippen LogP contribution in [0.5, 0.6) is 0 Å². The number of hydrogen-bond donors (Lipinski definition) is 0. The van der Waals surface area contributed by atoms with Gasteiger partial charge in [-0.2, -0.15) is 0 Å². The molecule has 0 radical (unpaired) electrons. The van der Waals surface area contributed by atoms with Crippen molar-refractivity contribution in [2.75, 3.05) is 31.1 Å². The lowest BCUT2D eigenvalue weighted by molar-refractivity contribution is 0.0704. The summed E-state index contributed by atoms with van der Waals surface area (Å²) in [6.07, 6.45) is 5.82. The Balaban J connectivity index is 1.35. The van der Waals surface area contributed by atoms with Crippen LogP contribution < -0.4 is 4.90 Å². The molecule has 3 heterocycles. The zero-order valence-electron chi connectivity index (χ0n) is 15.9. The Hall–Kier alpha value is -3.22. The van der Waals surface area contributed by atoms with Crippen molar-refractivity contribution < 1.29 is 9.32 Å². The van der Waals surface area contributed by atoms with Gasteiger partial charge in [0.25, 0.3) is 5.91 Å². The van der Waals surface area contributed by atoms with Crippen molar-refractivity contribution in [2.45, 2.75) is 19.3 Å². The fourth-order valence-electron chi connectivity index (χ4n) is 3.47. The topological polar surface area (TPSA) is 75.4 Å². The highest BCUT2D eigenvalue weighted by Gasteiger charge is 2.26. The van der Waals surface area contributed by atoms with E-state index in [9.17, 15) is 4.79 Å². The molecular weight excluding hydrogens is 354 g/mol. The second-order valence-corrected chi connectivity index (χ2v) is 7.04. The lowest BCUT2D eigenvalue weighted by atomic mass is 9.96. The van der Waals surface area contributed by atoms with E-state index < -0.39 is 0 Å². The highest BCUT2D eigenvalue weighted by atomic mass is 16.5. The fraction of sp³-hybridized carbons (Fsp3) is 0.333. The summed E-state index contributed by atoms with van der Waals surface area (Å²) in [7, 11) is 0. The second-order valence-electron chi connectivity index (χ2n) is 7.04. The van der Waals surface area contributed by atoms with Gasteiger partial charge in [-0.25, -0.2) is 4.98 Å². The molecule has 1 atom stereocenters. The monoisotopic (exact) mass is 377 g/mol. The zero-order chi connectivity index (χ0) is 19.3. The molecule has 7 heteroatoms. The number of carbonyl (C=O) groups is 1. The van der Waals surface area contributed by atoms with E-state index in [0.29, 0.717) is 24.8 Å². The molecule has 0 saturated carbocycles. The van der Waals surface area contributed by atoms with Crippen molar-refractivity contribution in [2.24, 2.45) is 0 Å². The smallest absolute Gasteiger partial charge is 0.292 e. The van der Waals surface area contributed by atoms with Gasteiger partial charge in [-0.05, 0) is 17.9 Å². The highest BCUT2D eigenvalue weighted by Crippen LogP contribution is 2.21. The van der Waals surface area contributed by atoms with Gasteiger partial charge in [0.1, 0.15) is 5.82 Å². The fourth-order valence-corrected chi connectivity index (χ4v) is 3.47. The molecule has 1 fully saturated rings. The van der Waals surface area contributed by atoms with Crippen LogP contribution >= 0.6 is 0 Å². The summed E-state index contributed by atoms with van der Waals surface area (Å²) < 4.78 is 5.35. The predicted octanol–water partition coefficient (Wildman–Crippen LogP) is 2.77. The first-order valence-corrected chi connectivity index (χ1v) is 9.51. The zero-order valence-corrected chi connectivity index (χ0v) is 15.9. The molecule has 2 aromatic heterocycles. The molecule has 7 nitrogen and oxygen atoms in total. The van der Waals surface area contributed by atoms with Crippen LogP contribution in [0.1, 0.15) is 34.7 Å². The van der Waals surface area contributed by atoms with Gasteiger partial charge >= 0.3 is 0 Å². The Morgan fingerprint density at radius 2 is 1.93 bits per heavy atom. The minimum absolute atomic E-state index is 0.107. The van der Waals surface area contributed by atoms with Gasteiger partial charge in [0.05, 0.1) is 11.9 Å². The van der Waals surface area contributed by atoms with Crippen molar-refractivity contribution in [3.8, 4) is 0 Å². The lowest BCUT2D eigenvalue weighted by Crippen LogP contribution is -2.49. The van der Waals surface area contributed by atoms with Crippen LogP contribution in [-0.4, -0.2) is 52.1 Å². The van der Waals surface area contributed by atoms with Crippen molar-refractivity contribution in [3.05, 3.63) is 72.0 Å². The van der Waals surface area contributed by atoms with Crippen LogP contribution in [0.3, 0.4) is 0 Å². The highest BCUT2D eigenvalue weighted by molar-refractivity contribution is 5.91. The summed E-state index contributed by atoms with van der Waals surface area (Å²) in [6, 6.07) is 12.1. The molecule has 1 amide bonds. The molecule has 0 bridgehead atoms. The maximum atomic E-state index is 12.8. The van der Waals surface area contributed by atoms with Gasteiger partial charge in [-0.1, -0.05) is 42.4 Å². The second kappa shape index (κ2) is 8.21. The van der Waals surface area contributed by atoms with Crippen LogP contribution in [0, 0.1) is 0 Å². The maximum Gasteiger partial charge on any atom is 0.292 e. The number of nitrogens with zero attached hydrogens (tertiary/aromatic N) is 5. The van der Waals surface area contributed by atoms with Crippen molar-refractivity contribution in [3.63, 3.8) is 0 Å². The number of piperazine rings is 1. The van der Waals surface area contributed by atoms with Crippen LogP contribution in [0.15, 0.2) is 59.5 Å². The molecule has 1 aliphatic rings. The van der Waals surface area contributed by atoms with E-state index in [1.807, 2.05) is 18.2 Å². The number of benzene rings is 1. The van der Waals surface area contributed by atoms with Crippen molar-refractivity contribution in [1.29, 1.82) is 0 Å². The van der Waals surface area contributed by atoms with E-state index in [4.69, 9.17) is 4.52 Å². The maximum absolute atomic E-state index is 12.8. The van der Waals surface area contributed by atoms with Gasteiger partial charge in [0.2, 0.25) is 5.76 Å². The van der Waals surface area contributed by atoms with Gasteiger partial charge in [0, 0.05) is 44.6 Å². The lowest BCUT2D eigenvalue weighted by Gasteiger charge is -2.34. The third-order valence-electron chi connectivity index (χ3n) is 5.09.